The van der Waals surface area contributed by atoms with Gasteiger partial charge in [0.1, 0.15) is 85.0 Å². The first-order valence-corrected chi connectivity index (χ1v) is 25.8. The van der Waals surface area contributed by atoms with Crippen LogP contribution in [0.5, 0.6) is 0 Å². The molecule has 0 bridgehead atoms. The van der Waals surface area contributed by atoms with Crippen molar-refractivity contribution in [1.29, 1.82) is 0 Å². The van der Waals surface area contributed by atoms with Crippen molar-refractivity contribution in [3.63, 3.8) is 0 Å². The van der Waals surface area contributed by atoms with E-state index < -0.39 is 148 Å². The summed E-state index contributed by atoms with van der Waals surface area (Å²) in [6.07, 6.45) is -19.2. The van der Waals surface area contributed by atoms with E-state index in [1.54, 1.807) is 0 Å². The molecule has 11 N–H and O–H groups in total. The van der Waals surface area contributed by atoms with Gasteiger partial charge in [-0.2, -0.15) is 0 Å². The lowest BCUT2D eigenvalue weighted by Gasteiger charge is -2.60. The Bertz CT molecular complexity index is 1870. The number of aliphatic hydroxyl groups is 11. The SMILES string of the molecule is C[C@H]1CC[C@@]2(OC1)O[C@H]1C[C@H]3[C@@H]4CC=C5C[C@@H](O[C@@H]6O[C@H](CO)[C@@H](O[C@@H]7O[C@@H](C)[C@H](O)[C@@H](O)[C@H]7O)[C@H](O)[C@H]6O[C@@H]6OC[C@H](O)[C@H](O[C@@H]7OC[C@@H](O)[C@H](O)[C@H]7O)[C@H]6O)CC[C@]5(C)[C@H]4CC[C@]3(C)[C@@]1(O)[C@@H]2C. The predicted octanol–water partition coefficient (Wildman–Crippen LogP) is -1.57. The molecule has 0 aromatic heterocycles. The number of ether oxygens (including phenoxy) is 10. The highest BCUT2D eigenvalue weighted by molar-refractivity contribution is 5.29. The monoisotopic (exact) mass is 1000 g/mol. The minimum Gasteiger partial charge on any atom is -0.394 e. The summed E-state index contributed by atoms with van der Waals surface area (Å²) < 4.78 is 61.3. The fourth-order valence-electron chi connectivity index (χ4n) is 14.9. The summed E-state index contributed by atoms with van der Waals surface area (Å²) in [5.74, 6) is 0.502. The van der Waals surface area contributed by atoms with Crippen molar-refractivity contribution in [2.24, 2.45) is 40.4 Å². The second-order valence-corrected chi connectivity index (χ2v) is 23.1. The average molecular weight is 1000 g/mol. The Morgan fingerprint density at radius 3 is 2.04 bits per heavy atom. The first-order chi connectivity index (χ1) is 33.1. The molecule has 10 aliphatic rings. The third-order valence-corrected chi connectivity index (χ3v) is 19.3. The van der Waals surface area contributed by atoms with Crippen molar-refractivity contribution in [2.75, 3.05) is 26.4 Å². The molecule has 21 heteroatoms. The standard InChI is InChI=1S/C49H78O21/c1-20-8-13-48(63-17-20)22(3)49(60)31(70-48)15-27-25-7-6-23-14-24(9-11-46(23,4)26(25)10-12-47(27,49)5)65-45-41(37(58)40(30(16-50)66-45)68-44-36(57)34(55)32(53)21(2)64-44)69-43-38(59)39(29(52)19-62-43)67-42-35(56)33(54)28(51)18-61-42/h6,20-22,24-45,50-60H,7-19H2,1-5H3/t20-,21-,22+,24-,25+,26-,27-,28+,29-,30+,31-,32-,33-,34+,35+,36+,37-,38+,39-,40+,41+,42-,43-,44-,45+,46-,47-,48+,49+/m0/s1. The van der Waals surface area contributed by atoms with Crippen molar-refractivity contribution in [3.05, 3.63) is 11.6 Å². The second kappa shape index (κ2) is 19.5. The molecule has 0 aromatic rings. The highest BCUT2D eigenvalue weighted by atomic mass is 16.8. The molecule has 9 fully saturated rings. The number of rotatable bonds is 9. The van der Waals surface area contributed by atoms with Crippen LogP contribution in [0.1, 0.15) is 92.4 Å². The lowest BCUT2D eigenvalue weighted by molar-refractivity contribution is -0.389. The van der Waals surface area contributed by atoms with E-state index in [1.807, 2.05) is 0 Å². The topological polar surface area (TPSA) is 315 Å². The maximum absolute atomic E-state index is 12.9. The van der Waals surface area contributed by atoms with Crippen molar-refractivity contribution in [2.45, 2.75) is 227 Å². The predicted molar refractivity (Wildman–Crippen MR) is 236 cm³/mol. The molecule has 0 amide bonds. The van der Waals surface area contributed by atoms with E-state index in [0.29, 0.717) is 37.2 Å². The van der Waals surface area contributed by atoms with Crippen LogP contribution in [0.25, 0.3) is 0 Å². The van der Waals surface area contributed by atoms with Crippen LogP contribution in [0.2, 0.25) is 0 Å². The van der Waals surface area contributed by atoms with Crippen molar-refractivity contribution in [3.8, 4) is 0 Å². The molecule has 3 saturated carbocycles. The Kier molecular flexibility index (Phi) is 14.6. The smallest absolute Gasteiger partial charge is 0.187 e. The van der Waals surface area contributed by atoms with E-state index in [2.05, 4.69) is 33.8 Å². The Morgan fingerprint density at radius 2 is 1.33 bits per heavy atom. The molecule has 29 atom stereocenters. The van der Waals surface area contributed by atoms with Gasteiger partial charge in [-0.25, -0.2) is 0 Å². The second-order valence-electron chi connectivity index (χ2n) is 23.1. The summed E-state index contributed by atoms with van der Waals surface area (Å²) in [7, 11) is 0. The largest absolute Gasteiger partial charge is 0.394 e. The van der Waals surface area contributed by atoms with Crippen molar-refractivity contribution >= 4 is 0 Å². The van der Waals surface area contributed by atoms with E-state index in [0.717, 1.165) is 44.9 Å². The molecule has 70 heavy (non-hydrogen) atoms. The van der Waals surface area contributed by atoms with Gasteiger partial charge in [0.15, 0.2) is 30.9 Å². The molecule has 6 heterocycles. The summed E-state index contributed by atoms with van der Waals surface area (Å²) >= 11 is 0. The summed E-state index contributed by atoms with van der Waals surface area (Å²) in [6.45, 7) is 9.46. The minimum atomic E-state index is -1.82. The fraction of sp³-hybridized carbons (Fsp3) is 0.959. The molecule has 400 valence electrons. The number of allylic oxidation sites excluding steroid dienone is 1. The minimum absolute atomic E-state index is 0.161. The Morgan fingerprint density at radius 1 is 0.643 bits per heavy atom. The summed E-state index contributed by atoms with van der Waals surface area (Å²) in [5, 5.41) is 121. The molecular weight excluding hydrogens is 925 g/mol. The molecule has 1 spiro atoms. The summed E-state index contributed by atoms with van der Waals surface area (Å²) in [6, 6.07) is 0. The molecule has 0 unspecified atom stereocenters. The molecule has 10 rings (SSSR count). The summed E-state index contributed by atoms with van der Waals surface area (Å²) in [4.78, 5) is 0. The van der Waals surface area contributed by atoms with Crippen LogP contribution in [0.3, 0.4) is 0 Å². The lowest BCUT2D eigenvalue weighted by Crippen LogP contribution is -2.66. The van der Waals surface area contributed by atoms with Gasteiger partial charge in [-0.3, -0.25) is 0 Å². The number of aliphatic hydroxyl groups excluding tert-OH is 10. The quantitative estimate of drug-likeness (QED) is 0.116. The zero-order valence-electron chi connectivity index (χ0n) is 40.7. The van der Waals surface area contributed by atoms with Gasteiger partial charge >= 0.3 is 0 Å². The Hall–Kier alpha value is -1.10. The van der Waals surface area contributed by atoms with Crippen LogP contribution in [0, 0.1) is 40.4 Å². The zero-order chi connectivity index (χ0) is 50.0. The molecule has 6 aliphatic heterocycles. The van der Waals surface area contributed by atoms with Gasteiger partial charge in [-0.15, -0.1) is 0 Å². The highest BCUT2D eigenvalue weighted by Crippen LogP contribution is 2.72. The van der Waals surface area contributed by atoms with Crippen LogP contribution in [-0.4, -0.2) is 217 Å². The fourth-order valence-corrected chi connectivity index (χ4v) is 14.9. The van der Waals surface area contributed by atoms with Crippen LogP contribution in [0.4, 0.5) is 0 Å². The van der Waals surface area contributed by atoms with Crippen LogP contribution < -0.4 is 0 Å². The van der Waals surface area contributed by atoms with E-state index in [9.17, 15) is 56.2 Å². The molecule has 21 nitrogen and oxygen atoms in total. The van der Waals surface area contributed by atoms with Gasteiger partial charge in [0.05, 0.1) is 44.7 Å². The molecule has 6 saturated heterocycles. The van der Waals surface area contributed by atoms with Crippen LogP contribution >= 0.6 is 0 Å². The normalized spacial score (nSPS) is 58.0. The van der Waals surface area contributed by atoms with E-state index in [-0.39, 0.29) is 28.8 Å². The summed E-state index contributed by atoms with van der Waals surface area (Å²) in [5.41, 5.74) is -0.258. The first-order valence-electron chi connectivity index (χ1n) is 25.8. The average Bonchev–Trinajstić information content (AvgIpc) is 3.69. The Balaban J connectivity index is 0.866. The van der Waals surface area contributed by atoms with Gasteiger partial charge in [0.2, 0.25) is 0 Å². The van der Waals surface area contributed by atoms with Crippen molar-refractivity contribution in [1.82, 2.24) is 0 Å². The first kappa shape index (κ1) is 52.3. The van der Waals surface area contributed by atoms with Crippen LogP contribution in [0.15, 0.2) is 11.6 Å². The highest BCUT2D eigenvalue weighted by Gasteiger charge is 2.76. The zero-order valence-corrected chi connectivity index (χ0v) is 40.7. The molecular formula is C49H78O21. The third kappa shape index (κ3) is 8.41. The van der Waals surface area contributed by atoms with Crippen molar-refractivity contribution < 1.29 is 104 Å². The van der Waals surface area contributed by atoms with Gasteiger partial charge in [-0.1, -0.05) is 39.3 Å². The van der Waals surface area contributed by atoms with Gasteiger partial charge in [0.25, 0.3) is 0 Å². The van der Waals surface area contributed by atoms with E-state index >= 15 is 0 Å². The van der Waals surface area contributed by atoms with Gasteiger partial charge in [-0.05, 0) is 87.4 Å². The number of hydrogen-bond acceptors (Lipinski definition) is 21. The molecule has 4 aliphatic carbocycles. The van der Waals surface area contributed by atoms with E-state index in [1.165, 1.54) is 12.5 Å². The maximum atomic E-state index is 12.9. The van der Waals surface area contributed by atoms with E-state index in [4.69, 9.17) is 47.4 Å². The van der Waals surface area contributed by atoms with Gasteiger partial charge < -0.3 is 104 Å². The molecule has 0 radical (unpaired) electrons. The number of hydrogen-bond donors (Lipinski definition) is 11. The third-order valence-electron chi connectivity index (χ3n) is 19.3. The lowest BCUT2D eigenvalue weighted by atomic mass is 9.46. The number of fused-ring (bicyclic) bond motifs is 7. The van der Waals surface area contributed by atoms with Gasteiger partial charge in [0, 0.05) is 17.8 Å². The van der Waals surface area contributed by atoms with Crippen LogP contribution in [-0.2, 0) is 47.4 Å². The molecule has 0 aromatic carbocycles. The maximum Gasteiger partial charge on any atom is 0.187 e. The Labute approximate surface area is 407 Å².